The molecule has 0 aliphatic carbocycles. The number of halogens is 3. The van der Waals surface area contributed by atoms with E-state index >= 15 is 0 Å². The van der Waals surface area contributed by atoms with Gasteiger partial charge in [0.15, 0.2) is 0 Å². The number of rotatable bonds is 5. The van der Waals surface area contributed by atoms with Gasteiger partial charge in [0.2, 0.25) is 0 Å². The Balaban J connectivity index is 2.10. The Labute approximate surface area is 125 Å². The largest absolute Gasteiger partial charge is 0.416 e. The van der Waals surface area contributed by atoms with Crippen LogP contribution in [0, 0.1) is 0 Å². The van der Waals surface area contributed by atoms with Crippen molar-refractivity contribution in [2.24, 2.45) is 0 Å². The molecule has 0 spiro atoms. The zero-order chi connectivity index (χ0) is 15.3. The summed E-state index contributed by atoms with van der Waals surface area (Å²) in [5.41, 5.74) is 0.0167. The van der Waals surface area contributed by atoms with Crippen LogP contribution in [-0.2, 0) is 6.18 Å². The van der Waals surface area contributed by atoms with E-state index in [9.17, 15) is 13.2 Å². The van der Waals surface area contributed by atoms with Crippen LogP contribution in [-0.4, -0.2) is 17.8 Å². The van der Waals surface area contributed by atoms with Crippen molar-refractivity contribution >= 4 is 11.8 Å². The normalized spacial score (nSPS) is 13.1. The van der Waals surface area contributed by atoms with Crippen molar-refractivity contribution < 1.29 is 13.2 Å². The lowest BCUT2D eigenvalue weighted by Crippen LogP contribution is -2.19. The van der Waals surface area contributed by atoms with Gasteiger partial charge in [0.25, 0.3) is 0 Å². The molecule has 0 saturated carbocycles. The van der Waals surface area contributed by atoms with Crippen LogP contribution < -0.4 is 5.32 Å². The molecule has 0 aliphatic heterocycles. The molecule has 0 bridgehead atoms. The van der Waals surface area contributed by atoms with Gasteiger partial charge < -0.3 is 5.32 Å². The summed E-state index contributed by atoms with van der Waals surface area (Å²) in [4.78, 5) is 4.97. The van der Waals surface area contributed by atoms with Crippen molar-refractivity contribution in [3.05, 3.63) is 59.9 Å². The van der Waals surface area contributed by atoms with Crippen LogP contribution in [0.3, 0.4) is 0 Å². The highest BCUT2D eigenvalue weighted by Gasteiger charge is 2.30. The topological polar surface area (TPSA) is 24.9 Å². The lowest BCUT2D eigenvalue weighted by Gasteiger charge is -2.18. The highest BCUT2D eigenvalue weighted by atomic mass is 32.2. The number of hydrogen-bond acceptors (Lipinski definition) is 3. The summed E-state index contributed by atoms with van der Waals surface area (Å²) in [6, 6.07) is 9.06. The minimum atomic E-state index is -4.31. The molecule has 0 radical (unpaired) electrons. The number of benzene rings is 1. The van der Waals surface area contributed by atoms with E-state index in [1.807, 2.05) is 12.1 Å². The molecule has 1 aromatic carbocycles. The van der Waals surface area contributed by atoms with Crippen LogP contribution >= 0.6 is 11.8 Å². The van der Waals surface area contributed by atoms with Crippen molar-refractivity contribution in [2.45, 2.75) is 17.1 Å². The first-order valence-corrected chi connectivity index (χ1v) is 7.36. The Kier molecular flexibility index (Phi) is 5.25. The summed E-state index contributed by atoms with van der Waals surface area (Å²) >= 11 is 1.58. The van der Waals surface area contributed by atoms with E-state index in [-0.39, 0.29) is 6.04 Å². The molecule has 2 rings (SSSR count). The molecule has 1 unspecified atom stereocenters. The Bertz CT molecular complexity index is 573. The summed E-state index contributed by atoms with van der Waals surface area (Å²) < 4.78 is 38.3. The van der Waals surface area contributed by atoms with Crippen molar-refractivity contribution in [3.63, 3.8) is 0 Å². The maximum Gasteiger partial charge on any atom is 0.416 e. The Morgan fingerprint density at radius 1 is 1.19 bits per heavy atom. The second-order valence-electron chi connectivity index (χ2n) is 4.46. The van der Waals surface area contributed by atoms with E-state index in [1.54, 1.807) is 37.3 Å². The number of nitrogens with one attached hydrogen (secondary N) is 1. The van der Waals surface area contributed by atoms with Gasteiger partial charge in [0, 0.05) is 29.1 Å². The van der Waals surface area contributed by atoms with Gasteiger partial charge >= 0.3 is 6.18 Å². The standard InChI is InChI=1S/C15H15F3N2S/c1-19-14(10-21-13-5-7-20-8-6-13)11-3-2-4-12(9-11)15(16,17)18/h2-9,14,19H,10H2,1H3. The van der Waals surface area contributed by atoms with Gasteiger partial charge in [-0.2, -0.15) is 13.2 Å². The molecular weight excluding hydrogens is 297 g/mol. The first kappa shape index (κ1) is 15.9. The minimum absolute atomic E-state index is 0.148. The predicted octanol–water partition coefficient (Wildman–Crippen LogP) is 4.15. The SMILES string of the molecule is CNC(CSc1ccncc1)c1cccc(C(F)(F)F)c1. The van der Waals surface area contributed by atoms with E-state index in [0.717, 1.165) is 11.0 Å². The number of aromatic nitrogens is 1. The van der Waals surface area contributed by atoms with Gasteiger partial charge in [-0.3, -0.25) is 4.98 Å². The fourth-order valence-corrected chi connectivity index (χ4v) is 2.92. The molecule has 21 heavy (non-hydrogen) atoms. The highest BCUT2D eigenvalue weighted by molar-refractivity contribution is 7.99. The Morgan fingerprint density at radius 3 is 2.52 bits per heavy atom. The number of hydrogen-bond donors (Lipinski definition) is 1. The van der Waals surface area contributed by atoms with Crippen molar-refractivity contribution in [2.75, 3.05) is 12.8 Å². The molecule has 1 heterocycles. The number of thioether (sulfide) groups is 1. The van der Waals surface area contributed by atoms with Crippen LogP contribution in [0.25, 0.3) is 0 Å². The quantitative estimate of drug-likeness (QED) is 0.840. The van der Waals surface area contributed by atoms with Gasteiger partial charge in [0.1, 0.15) is 0 Å². The molecular formula is C15H15F3N2S. The molecule has 1 aromatic heterocycles. The average molecular weight is 312 g/mol. The van der Waals surface area contributed by atoms with E-state index in [2.05, 4.69) is 10.3 Å². The van der Waals surface area contributed by atoms with Gasteiger partial charge in [-0.05, 0) is 36.9 Å². The first-order chi connectivity index (χ1) is 10.0. The molecule has 0 aliphatic rings. The lowest BCUT2D eigenvalue weighted by molar-refractivity contribution is -0.137. The highest BCUT2D eigenvalue weighted by Crippen LogP contribution is 2.32. The maximum absolute atomic E-state index is 12.8. The predicted molar refractivity (Wildman–Crippen MR) is 78.2 cm³/mol. The van der Waals surface area contributed by atoms with Crippen LogP contribution in [0.15, 0.2) is 53.7 Å². The summed E-state index contributed by atoms with van der Waals surface area (Å²) in [7, 11) is 1.75. The fourth-order valence-electron chi connectivity index (χ4n) is 1.89. The molecule has 112 valence electrons. The zero-order valence-electron chi connectivity index (χ0n) is 11.4. The smallest absolute Gasteiger partial charge is 0.312 e. The molecule has 2 nitrogen and oxygen atoms in total. The van der Waals surface area contributed by atoms with Crippen molar-refractivity contribution in [1.82, 2.24) is 10.3 Å². The average Bonchev–Trinajstić information content (AvgIpc) is 2.48. The molecule has 0 saturated heterocycles. The van der Waals surface area contributed by atoms with Gasteiger partial charge in [-0.15, -0.1) is 11.8 Å². The zero-order valence-corrected chi connectivity index (χ0v) is 12.2. The first-order valence-electron chi connectivity index (χ1n) is 6.38. The second-order valence-corrected chi connectivity index (χ2v) is 5.55. The third kappa shape index (κ3) is 4.47. The summed E-state index contributed by atoms with van der Waals surface area (Å²) in [6.07, 6.45) is -0.922. The van der Waals surface area contributed by atoms with E-state index < -0.39 is 11.7 Å². The lowest BCUT2D eigenvalue weighted by atomic mass is 10.1. The van der Waals surface area contributed by atoms with Crippen LogP contribution in [0.2, 0.25) is 0 Å². The van der Waals surface area contributed by atoms with Crippen molar-refractivity contribution in [1.29, 1.82) is 0 Å². The maximum atomic E-state index is 12.8. The van der Waals surface area contributed by atoms with Gasteiger partial charge in [0.05, 0.1) is 5.56 Å². The van der Waals surface area contributed by atoms with E-state index in [4.69, 9.17) is 0 Å². The summed E-state index contributed by atoms with van der Waals surface area (Å²) in [5, 5.41) is 3.06. The number of nitrogens with zero attached hydrogens (tertiary/aromatic N) is 1. The fraction of sp³-hybridized carbons (Fsp3) is 0.267. The molecule has 6 heteroatoms. The van der Waals surface area contributed by atoms with Crippen LogP contribution in [0.5, 0.6) is 0 Å². The van der Waals surface area contributed by atoms with Gasteiger partial charge in [-0.1, -0.05) is 12.1 Å². The molecule has 1 N–H and O–H groups in total. The summed E-state index contributed by atoms with van der Waals surface area (Å²) in [6.45, 7) is 0. The second kappa shape index (κ2) is 6.95. The van der Waals surface area contributed by atoms with Gasteiger partial charge in [-0.25, -0.2) is 0 Å². The third-order valence-electron chi connectivity index (χ3n) is 3.03. The van der Waals surface area contributed by atoms with E-state index in [1.165, 1.54) is 12.1 Å². The molecule has 1 atom stereocenters. The molecule has 0 amide bonds. The van der Waals surface area contributed by atoms with Crippen LogP contribution in [0.4, 0.5) is 13.2 Å². The van der Waals surface area contributed by atoms with E-state index in [0.29, 0.717) is 11.3 Å². The Hall–Kier alpha value is -1.53. The minimum Gasteiger partial charge on any atom is -0.312 e. The molecule has 0 fully saturated rings. The third-order valence-corrected chi connectivity index (χ3v) is 4.14. The number of pyridine rings is 1. The van der Waals surface area contributed by atoms with Crippen LogP contribution in [0.1, 0.15) is 17.2 Å². The number of alkyl halides is 3. The van der Waals surface area contributed by atoms with Crippen molar-refractivity contribution in [3.8, 4) is 0 Å². The molecule has 2 aromatic rings. The summed E-state index contributed by atoms with van der Waals surface area (Å²) in [5.74, 6) is 0.641. The monoisotopic (exact) mass is 312 g/mol. The Morgan fingerprint density at radius 2 is 1.90 bits per heavy atom.